The van der Waals surface area contributed by atoms with Crippen molar-refractivity contribution in [1.82, 2.24) is 15.1 Å². The predicted octanol–water partition coefficient (Wildman–Crippen LogP) is 4.55. The number of urea groups is 1. The van der Waals surface area contributed by atoms with E-state index in [-0.39, 0.29) is 12.1 Å². The zero-order chi connectivity index (χ0) is 22.2. The number of alkyl halides is 1. The summed E-state index contributed by atoms with van der Waals surface area (Å²) in [5, 5.41) is 3.08. The Morgan fingerprint density at radius 2 is 1.97 bits per heavy atom. The number of ether oxygens (including phenoxy) is 1. The number of carbonyl (C=O) groups is 1. The third-order valence-corrected chi connectivity index (χ3v) is 5.82. The summed E-state index contributed by atoms with van der Waals surface area (Å²) in [6, 6.07) is 8.01. The number of halogens is 1. The van der Waals surface area contributed by atoms with Gasteiger partial charge in [-0.05, 0) is 62.2 Å². The van der Waals surface area contributed by atoms with Gasteiger partial charge in [0.1, 0.15) is 11.9 Å². The van der Waals surface area contributed by atoms with Crippen molar-refractivity contribution in [2.45, 2.75) is 51.9 Å². The number of hydrogen-bond acceptors (Lipinski definition) is 3. The highest BCUT2D eigenvalue weighted by molar-refractivity contribution is 5.75. The first-order chi connectivity index (χ1) is 14.9. The number of hydrogen-bond donors (Lipinski definition) is 1. The number of benzene rings is 1. The van der Waals surface area contributed by atoms with E-state index in [0.29, 0.717) is 32.0 Å². The van der Waals surface area contributed by atoms with Crippen LogP contribution in [0.15, 0.2) is 48.1 Å². The molecule has 1 heterocycles. The van der Waals surface area contributed by atoms with Crippen LogP contribution in [0.3, 0.4) is 0 Å². The lowest BCUT2D eigenvalue weighted by Gasteiger charge is -2.37. The maximum atomic E-state index is 13.4. The summed E-state index contributed by atoms with van der Waals surface area (Å²) in [4.78, 5) is 17.4. The average molecular weight is 430 g/mol. The van der Waals surface area contributed by atoms with E-state index >= 15 is 0 Å². The fraction of sp³-hybridized carbons (Fsp3) is 0.560. The number of nitrogens with one attached hydrogen (secondary N) is 1. The number of nitrogens with zero attached hydrogens (tertiary/aromatic N) is 2. The van der Waals surface area contributed by atoms with Gasteiger partial charge in [0.25, 0.3) is 0 Å². The zero-order valence-corrected chi connectivity index (χ0v) is 19.0. The molecule has 3 rings (SSSR count). The molecule has 1 unspecified atom stereocenters. The number of carbonyl (C=O) groups excluding carboxylic acids is 1. The second-order valence-corrected chi connectivity index (χ2v) is 9.06. The smallest absolute Gasteiger partial charge is 0.318 e. The van der Waals surface area contributed by atoms with E-state index < -0.39 is 6.17 Å². The van der Waals surface area contributed by atoms with E-state index in [1.54, 1.807) is 6.08 Å². The van der Waals surface area contributed by atoms with Gasteiger partial charge < -0.3 is 19.9 Å². The molecule has 31 heavy (non-hydrogen) atoms. The molecule has 0 spiro atoms. The third-order valence-electron chi connectivity index (χ3n) is 5.82. The molecule has 1 aliphatic heterocycles. The first-order valence-corrected chi connectivity index (χ1v) is 11.4. The lowest BCUT2D eigenvalue weighted by atomic mass is 10.0. The number of rotatable bonds is 8. The van der Waals surface area contributed by atoms with Crippen LogP contribution in [0, 0.1) is 5.92 Å². The van der Waals surface area contributed by atoms with Crippen molar-refractivity contribution in [3.05, 3.63) is 53.6 Å². The average Bonchev–Trinajstić information content (AvgIpc) is 2.77. The number of likely N-dealkylation sites (tertiary alicyclic amines) is 1. The Morgan fingerprint density at radius 3 is 2.58 bits per heavy atom. The van der Waals surface area contributed by atoms with Crippen molar-refractivity contribution in [2.24, 2.45) is 5.92 Å². The van der Waals surface area contributed by atoms with Crippen molar-refractivity contribution in [2.75, 3.05) is 33.3 Å². The Kier molecular flexibility index (Phi) is 8.52. The number of amides is 2. The van der Waals surface area contributed by atoms with Crippen molar-refractivity contribution in [1.29, 1.82) is 0 Å². The van der Waals surface area contributed by atoms with Gasteiger partial charge in [-0.25, -0.2) is 9.18 Å². The zero-order valence-electron chi connectivity index (χ0n) is 19.0. The molecule has 1 atom stereocenters. The highest BCUT2D eigenvalue weighted by Gasteiger charge is 2.27. The largest absolute Gasteiger partial charge is 0.493 e. The highest BCUT2D eigenvalue weighted by atomic mass is 19.1. The number of piperidine rings is 1. The molecule has 2 amide bonds. The topological polar surface area (TPSA) is 44.8 Å². The van der Waals surface area contributed by atoms with Crippen LogP contribution in [-0.4, -0.2) is 61.3 Å². The van der Waals surface area contributed by atoms with Crippen molar-refractivity contribution >= 4 is 6.03 Å². The summed E-state index contributed by atoms with van der Waals surface area (Å²) in [7, 11) is 2.11. The van der Waals surface area contributed by atoms with Crippen LogP contribution >= 0.6 is 0 Å². The quantitative estimate of drug-likeness (QED) is 0.659. The molecule has 1 saturated heterocycles. The summed E-state index contributed by atoms with van der Waals surface area (Å²) in [5.41, 5.74) is 2.04. The van der Waals surface area contributed by atoms with Gasteiger partial charge in [-0.15, -0.1) is 0 Å². The fourth-order valence-corrected chi connectivity index (χ4v) is 3.87. The third kappa shape index (κ3) is 7.39. The highest BCUT2D eigenvalue weighted by Crippen LogP contribution is 2.21. The molecule has 1 N–H and O–H groups in total. The van der Waals surface area contributed by atoms with Crippen LogP contribution in [0.2, 0.25) is 0 Å². The van der Waals surface area contributed by atoms with Crippen molar-refractivity contribution < 1.29 is 13.9 Å². The summed E-state index contributed by atoms with van der Waals surface area (Å²) in [5.74, 6) is 1.33. The molecule has 6 heteroatoms. The van der Waals surface area contributed by atoms with Gasteiger partial charge in [0.05, 0.1) is 6.61 Å². The molecule has 0 saturated carbocycles. The maximum absolute atomic E-state index is 13.4. The van der Waals surface area contributed by atoms with Gasteiger partial charge in [0.15, 0.2) is 0 Å². The monoisotopic (exact) mass is 429 g/mol. The fourth-order valence-electron chi connectivity index (χ4n) is 3.87. The Bertz CT molecular complexity index is 767. The molecule has 170 valence electrons. The van der Waals surface area contributed by atoms with Crippen LogP contribution in [-0.2, 0) is 6.54 Å². The second-order valence-electron chi connectivity index (χ2n) is 9.06. The molecule has 1 fully saturated rings. The van der Waals surface area contributed by atoms with Crippen molar-refractivity contribution in [3.63, 3.8) is 0 Å². The Balaban J connectivity index is 1.59. The minimum absolute atomic E-state index is 0.0636. The lowest BCUT2D eigenvalue weighted by molar-refractivity contribution is 0.137. The van der Waals surface area contributed by atoms with Gasteiger partial charge >= 0.3 is 6.03 Å². The van der Waals surface area contributed by atoms with E-state index in [1.807, 2.05) is 41.3 Å². The van der Waals surface area contributed by atoms with E-state index in [1.165, 1.54) is 0 Å². The van der Waals surface area contributed by atoms with Crippen molar-refractivity contribution in [3.8, 4) is 5.75 Å². The Morgan fingerprint density at radius 1 is 1.26 bits per heavy atom. The first kappa shape index (κ1) is 23.3. The van der Waals surface area contributed by atoms with Gasteiger partial charge in [-0.2, -0.15) is 0 Å². The standard InChI is InChI=1S/C25H36FN3O2/c1-19(2)18-31-24-10-6-20(7-11-24)16-27-25(30)29(23-12-14-28(3)15-13-23)17-21-4-8-22(26)9-5-21/h4-8,10-11,19,22-23H,9,12-18H2,1-3H3,(H,27,30). The van der Waals surface area contributed by atoms with E-state index in [2.05, 4.69) is 31.1 Å². The van der Waals surface area contributed by atoms with Crippen LogP contribution in [0.25, 0.3) is 0 Å². The maximum Gasteiger partial charge on any atom is 0.318 e. The SMILES string of the molecule is CC(C)COc1ccc(CNC(=O)N(CC2=CCC(F)C=C2)C2CCN(C)CC2)cc1. The molecular weight excluding hydrogens is 393 g/mol. The molecule has 0 aromatic heterocycles. The van der Waals surface area contributed by atoms with Crippen LogP contribution < -0.4 is 10.1 Å². The van der Waals surface area contributed by atoms with Crippen LogP contribution in [0.5, 0.6) is 5.75 Å². The normalized spacial score (nSPS) is 19.9. The second kappa shape index (κ2) is 11.3. The molecule has 1 aromatic rings. The molecule has 1 aromatic carbocycles. The van der Waals surface area contributed by atoms with E-state index in [4.69, 9.17) is 4.74 Å². The van der Waals surface area contributed by atoms with Gasteiger partial charge in [0.2, 0.25) is 0 Å². The minimum Gasteiger partial charge on any atom is -0.493 e. The first-order valence-electron chi connectivity index (χ1n) is 11.4. The summed E-state index contributed by atoms with van der Waals surface area (Å²) in [6.07, 6.45) is 6.70. The molecule has 5 nitrogen and oxygen atoms in total. The molecule has 1 aliphatic carbocycles. The predicted molar refractivity (Wildman–Crippen MR) is 123 cm³/mol. The molecule has 0 radical (unpaired) electrons. The Hall–Kier alpha value is -2.34. The summed E-state index contributed by atoms with van der Waals surface area (Å²) >= 11 is 0. The molecular formula is C25H36FN3O2. The molecule has 0 bridgehead atoms. The van der Waals surface area contributed by atoms with Crippen LogP contribution in [0.1, 0.15) is 38.7 Å². The van der Waals surface area contributed by atoms with E-state index in [9.17, 15) is 9.18 Å². The lowest BCUT2D eigenvalue weighted by Crippen LogP contribution is -2.50. The van der Waals surface area contributed by atoms with Gasteiger partial charge in [-0.1, -0.05) is 44.2 Å². The van der Waals surface area contributed by atoms with Crippen LogP contribution in [0.4, 0.5) is 9.18 Å². The number of allylic oxidation sites excluding steroid dienone is 2. The Labute approximate surface area is 185 Å². The summed E-state index contributed by atoms with van der Waals surface area (Å²) < 4.78 is 19.2. The van der Waals surface area contributed by atoms with E-state index in [0.717, 1.165) is 42.8 Å². The van der Waals surface area contributed by atoms with Gasteiger partial charge in [-0.3, -0.25) is 0 Å². The minimum atomic E-state index is -0.915. The summed E-state index contributed by atoms with van der Waals surface area (Å²) in [6.45, 7) is 7.87. The molecule has 2 aliphatic rings. The van der Waals surface area contributed by atoms with Gasteiger partial charge in [0, 0.05) is 25.6 Å².